The molecule has 0 fully saturated rings. The average Bonchev–Trinajstić information content (AvgIpc) is 3.26. The lowest BCUT2D eigenvalue weighted by Crippen LogP contribution is -2.23. The van der Waals surface area contributed by atoms with E-state index >= 15 is 0 Å². The zero-order valence-corrected chi connectivity index (χ0v) is 16.4. The molecular weight excluding hydrogens is 380 g/mol. The first kappa shape index (κ1) is 19.0. The number of rotatable bonds is 4. The number of carbonyl (C=O) groups is 1. The highest BCUT2D eigenvalue weighted by atomic mass is 16.3. The average molecular weight is 398 g/mol. The molecule has 2 aromatic carbocycles. The van der Waals surface area contributed by atoms with Gasteiger partial charge in [-0.3, -0.25) is 14.3 Å². The summed E-state index contributed by atoms with van der Waals surface area (Å²) >= 11 is 0. The Kier molecular flexibility index (Phi) is 4.82. The lowest BCUT2D eigenvalue weighted by Gasteiger charge is -2.07. The highest BCUT2D eigenvalue weighted by Crippen LogP contribution is 2.21. The third-order valence-corrected chi connectivity index (χ3v) is 4.89. The molecule has 2 heterocycles. The molecule has 0 unspecified atom stereocenters. The van der Waals surface area contributed by atoms with E-state index in [9.17, 15) is 14.9 Å². The molecular formula is C23H18N4O3. The lowest BCUT2D eigenvalue weighted by molar-refractivity contribution is -0.112. The van der Waals surface area contributed by atoms with E-state index in [1.165, 1.54) is 10.8 Å². The van der Waals surface area contributed by atoms with Gasteiger partial charge < -0.3 is 9.73 Å². The van der Waals surface area contributed by atoms with Gasteiger partial charge in [0.25, 0.3) is 11.5 Å². The summed E-state index contributed by atoms with van der Waals surface area (Å²) in [5, 5.41) is 12.9. The van der Waals surface area contributed by atoms with Gasteiger partial charge in [-0.15, -0.1) is 0 Å². The van der Waals surface area contributed by atoms with Crippen LogP contribution in [0.3, 0.4) is 0 Å². The van der Waals surface area contributed by atoms with Crippen LogP contribution >= 0.6 is 0 Å². The van der Waals surface area contributed by atoms with Crippen LogP contribution in [0, 0.1) is 18.3 Å². The molecule has 0 spiro atoms. The number of nitrogens with zero attached hydrogens (tertiary/aromatic N) is 3. The molecule has 0 saturated heterocycles. The van der Waals surface area contributed by atoms with E-state index in [-0.39, 0.29) is 16.8 Å². The Labute approximate surface area is 172 Å². The Morgan fingerprint density at radius 2 is 1.83 bits per heavy atom. The predicted molar refractivity (Wildman–Crippen MR) is 114 cm³/mol. The fourth-order valence-corrected chi connectivity index (χ4v) is 3.26. The van der Waals surface area contributed by atoms with Crippen LogP contribution in [0.1, 0.15) is 11.5 Å². The summed E-state index contributed by atoms with van der Waals surface area (Å²) in [7, 11) is 1.73. The van der Waals surface area contributed by atoms with Crippen molar-refractivity contribution in [3.63, 3.8) is 0 Å². The molecule has 0 aliphatic carbocycles. The number of hydrogen-bond acceptors (Lipinski definition) is 4. The molecule has 0 saturated carbocycles. The Hall–Kier alpha value is -4.31. The van der Waals surface area contributed by atoms with Gasteiger partial charge in [0.15, 0.2) is 0 Å². The minimum Gasteiger partial charge on any atom is -0.457 e. The second kappa shape index (κ2) is 7.60. The Morgan fingerprint density at radius 3 is 2.53 bits per heavy atom. The minimum absolute atomic E-state index is 0.122. The van der Waals surface area contributed by atoms with Crippen LogP contribution in [-0.2, 0) is 11.8 Å². The standard InChI is InChI=1S/C23H18N4O3/c1-15-21(23(29)27(26(15)2)18-9-4-3-5-10-18)25-22(28)17(14-24)13-19-12-16-8-6-7-11-20(16)30-19/h3-13H,1-2H3,(H,25,28)/b17-13+. The second-order valence-corrected chi connectivity index (χ2v) is 6.75. The number of hydrogen-bond donors (Lipinski definition) is 1. The van der Waals surface area contributed by atoms with Crippen LogP contribution < -0.4 is 10.9 Å². The highest BCUT2D eigenvalue weighted by Gasteiger charge is 2.20. The number of benzene rings is 2. The third kappa shape index (κ3) is 3.31. The third-order valence-electron chi connectivity index (χ3n) is 4.89. The molecule has 7 heteroatoms. The van der Waals surface area contributed by atoms with Gasteiger partial charge in [-0.2, -0.15) is 5.26 Å². The predicted octanol–water partition coefficient (Wildman–Crippen LogP) is 3.78. The van der Waals surface area contributed by atoms with E-state index in [1.807, 2.05) is 42.5 Å². The normalized spacial score (nSPS) is 11.4. The van der Waals surface area contributed by atoms with Crippen molar-refractivity contribution in [1.82, 2.24) is 9.36 Å². The van der Waals surface area contributed by atoms with Crippen molar-refractivity contribution >= 4 is 28.6 Å². The fraction of sp³-hybridized carbons (Fsp3) is 0.0870. The number of amides is 1. The van der Waals surface area contributed by atoms with Gasteiger partial charge in [-0.1, -0.05) is 36.4 Å². The van der Waals surface area contributed by atoms with Crippen LogP contribution in [-0.4, -0.2) is 15.3 Å². The first-order valence-corrected chi connectivity index (χ1v) is 9.25. The van der Waals surface area contributed by atoms with E-state index in [0.717, 1.165) is 5.39 Å². The van der Waals surface area contributed by atoms with Crippen molar-refractivity contribution in [3.05, 3.63) is 88.0 Å². The number of furan rings is 1. The molecule has 0 aliphatic rings. The molecule has 1 amide bonds. The minimum atomic E-state index is -0.677. The summed E-state index contributed by atoms with van der Waals surface area (Å²) in [5.74, 6) is -0.293. The Bertz CT molecular complexity index is 1350. The molecule has 4 rings (SSSR count). The number of para-hydroxylation sites is 2. The number of anilines is 1. The van der Waals surface area contributed by atoms with Gasteiger partial charge in [0, 0.05) is 18.5 Å². The van der Waals surface area contributed by atoms with Gasteiger partial charge in [0.1, 0.15) is 28.7 Å². The van der Waals surface area contributed by atoms with Crippen LogP contribution in [0.4, 0.5) is 5.69 Å². The summed E-state index contributed by atoms with van der Waals surface area (Å²) < 4.78 is 8.77. The van der Waals surface area contributed by atoms with Crippen molar-refractivity contribution in [1.29, 1.82) is 5.26 Å². The maximum absolute atomic E-state index is 12.9. The summed E-state index contributed by atoms with van der Waals surface area (Å²) in [4.78, 5) is 25.7. The molecule has 7 nitrogen and oxygen atoms in total. The van der Waals surface area contributed by atoms with Crippen LogP contribution in [0.25, 0.3) is 22.7 Å². The van der Waals surface area contributed by atoms with Crippen LogP contribution in [0.5, 0.6) is 0 Å². The van der Waals surface area contributed by atoms with E-state index in [0.29, 0.717) is 22.7 Å². The summed E-state index contributed by atoms with van der Waals surface area (Å²) in [6.07, 6.45) is 1.36. The van der Waals surface area contributed by atoms with E-state index < -0.39 is 5.91 Å². The van der Waals surface area contributed by atoms with Crippen molar-refractivity contribution < 1.29 is 9.21 Å². The SMILES string of the molecule is Cc1c(NC(=O)/C(C#N)=C/c2cc3ccccc3o2)c(=O)n(-c2ccccc2)n1C. The van der Waals surface area contributed by atoms with Gasteiger partial charge >= 0.3 is 0 Å². The fourth-order valence-electron chi connectivity index (χ4n) is 3.26. The largest absolute Gasteiger partial charge is 0.457 e. The van der Waals surface area contributed by atoms with Crippen molar-refractivity contribution in [2.24, 2.45) is 7.05 Å². The van der Waals surface area contributed by atoms with Gasteiger partial charge in [-0.05, 0) is 31.2 Å². The number of nitrogens with one attached hydrogen (secondary N) is 1. The lowest BCUT2D eigenvalue weighted by atomic mass is 10.2. The summed E-state index contributed by atoms with van der Waals surface area (Å²) in [6, 6.07) is 20.1. The van der Waals surface area contributed by atoms with Gasteiger partial charge in [-0.25, -0.2) is 4.68 Å². The van der Waals surface area contributed by atoms with Gasteiger partial charge in [0.2, 0.25) is 0 Å². The van der Waals surface area contributed by atoms with Crippen molar-refractivity contribution in [2.45, 2.75) is 6.92 Å². The quantitative estimate of drug-likeness (QED) is 0.418. The number of carbonyl (C=O) groups excluding carboxylic acids is 1. The van der Waals surface area contributed by atoms with E-state index in [2.05, 4.69) is 5.32 Å². The zero-order chi connectivity index (χ0) is 21.3. The van der Waals surface area contributed by atoms with Gasteiger partial charge in [0.05, 0.1) is 11.4 Å². The van der Waals surface area contributed by atoms with Crippen molar-refractivity contribution in [3.8, 4) is 11.8 Å². The molecule has 30 heavy (non-hydrogen) atoms. The number of aromatic nitrogens is 2. The second-order valence-electron chi connectivity index (χ2n) is 6.75. The molecule has 2 aromatic heterocycles. The molecule has 0 atom stereocenters. The number of fused-ring (bicyclic) bond motifs is 1. The van der Waals surface area contributed by atoms with Crippen LogP contribution in [0.2, 0.25) is 0 Å². The smallest absolute Gasteiger partial charge is 0.295 e. The molecule has 4 aromatic rings. The zero-order valence-electron chi connectivity index (χ0n) is 16.4. The maximum atomic E-state index is 12.9. The monoisotopic (exact) mass is 398 g/mol. The molecule has 0 radical (unpaired) electrons. The number of nitriles is 1. The maximum Gasteiger partial charge on any atom is 0.295 e. The molecule has 0 bridgehead atoms. The first-order valence-electron chi connectivity index (χ1n) is 9.25. The van der Waals surface area contributed by atoms with Crippen molar-refractivity contribution in [2.75, 3.05) is 5.32 Å². The van der Waals surface area contributed by atoms with Crippen LogP contribution in [0.15, 0.2) is 75.4 Å². The first-order chi connectivity index (χ1) is 14.5. The Morgan fingerprint density at radius 1 is 1.13 bits per heavy atom. The summed E-state index contributed by atoms with van der Waals surface area (Å²) in [5.41, 5.74) is 1.48. The molecule has 1 N–H and O–H groups in total. The van der Waals surface area contributed by atoms with E-state index in [4.69, 9.17) is 4.42 Å². The molecule has 148 valence electrons. The Balaban J connectivity index is 1.68. The van der Waals surface area contributed by atoms with E-state index in [1.54, 1.807) is 42.9 Å². The highest BCUT2D eigenvalue weighted by molar-refractivity contribution is 6.09. The summed E-state index contributed by atoms with van der Waals surface area (Å²) in [6.45, 7) is 1.73. The topological polar surface area (TPSA) is 93.0 Å². The molecule has 0 aliphatic heterocycles.